The summed E-state index contributed by atoms with van der Waals surface area (Å²) in [4.78, 5) is 20.4. The van der Waals surface area contributed by atoms with Gasteiger partial charge in [0.2, 0.25) is 0 Å². The number of halogens is 2. The van der Waals surface area contributed by atoms with Crippen LogP contribution in [0.5, 0.6) is 0 Å². The first-order chi connectivity index (χ1) is 12.1. The van der Waals surface area contributed by atoms with Crippen LogP contribution in [-0.2, 0) is 6.54 Å². The van der Waals surface area contributed by atoms with E-state index in [9.17, 15) is 4.79 Å². The molecule has 0 saturated heterocycles. The highest BCUT2D eigenvalue weighted by molar-refractivity contribution is 6.36. The predicted octanol–water partition coefficient (Wildman–Crippen LogP) is 4.46. The van der Waals surface area contributed by atoms with Crippen LogP contribution < -0.4 is 10.6 Å². The second kappa shape index (κ2) is 7.96. The number of aromatic nitrogens is 2. The number of nitrogens with zero attached hydrogens (tertiary/aromatic N) is 2. The molecule has 0 aliphatic heterocycles. The van der Waals surface area contributed by atoms with Gasteiger partial charge < -0.3 is 10.6 Å². The maximum atomic E-state index is 12.1. The van der Waals surface area contributed by atoms with E-state index >= 15 is 0 Å². The fourth-order valence-corrected chi connectivity index (χ4v) is 2.56. The smallest absolute Gasteiger partial charge is 0.271 e. The van der Waals surface area contributed by atoms with Crippen LogP contribution in [0.2, 0.25) is 10.0 Å². The Morgan fingerprint density at radius 3 is 2.48 bits per heavy atom. The summed E-state index contributed by atoms with van der Waals surface area (Å²) in [7, 11) is 0. The largest absolute Gasteiger partial charge is 0.347 e. The van der Waals surface area contributed by atoms with Crippen LogP contribution in [0.4, 0.5) is 11.5 Å². The summed E-state index contributed by atoms with van der Waals surface area (Å²) in [5.74, 6) is 0.191. The summed E-state index contributed by atoms with van der Waals surface area (Å²) in [6, 6.07) is 14.7. The topological polar surface area (TPSA) is 66.9 Å². The highest BCUT2D eigenvalue weighted by Crippen LogP contribution is 2.27. The van der Waals surface area contributed by atoms with Gasteiger partial charge in [-0.05, 0) is 23.8 Å². The van der Waals surface area contributed by atoms with Crippen molar-refractivity contribution in [3.63, 3.8) is 0 Å². The minimum atomic E-state index is -0.285. The Bertz CT molecular complexity index is 870. The molecule has 1 aromatic heterocycles. The number of anilines is 2. The lowest BCUT2D eigenvalue weighted by Crippen LogP contribution is -2.24. The van der Waals surface area contributed by atoms with Crippen molar-refractivity contribution in [2.45, 2.75) is 6.54 Å². The van der Waals surface area contributed by atoms with Gasteiger partial charge in [-0.2, -0.15) is 0 Å². The quantitative estimate of drug-likeness (QED) is 0.693. The van der Waals surface area contributed by atoms with Crippen molar-refractivity contribution in [2.75, 3.05) is 5.32 Å². The average molecular weight is 373 g/mol. The van der Waals surface area contributed by atoms with Crippen LogP contribution in [0.25, 0.3) is 0 Å². The third-order valence-electron chi connectivity index (χ3n) is 3.37. The first-order valence-electron chi connectivity index (χ1n) is 7.48. The molecule has 0 aliphatic carbocycles. The van der Waals surface area contributed by atoms with Gasteiger partial charge >= 0.3 is 0 Å². The molecule has 0 saturated carbocycles. The minimum Gasteiger partial charge on any atom is -0.347 e. The van der Waals surface area contributed by atoms with Crippen LogP contribution in [0, 0.1) is 0 Å². The van der Waals surface area contributed by atoms with Crippen molar-refractivity contribution in [3.05, 3.63) is 82.2 Å². The van der Waals surface area contributed by atoms with E-state index in [0.717, 1.165) is 5.56 Å². The van der Waals surface area contributed by atoms with Gasteiger partial charge in [0.1, 0.15) is 11.5 Å². The molecule has 7 heteroatoms. The van der Waals surface area contributed by atoms with E-state index in [4.69, 9.17) is 23.2 Å². The Morgan fingerprint density at radius 1 is 1.00 bits per heavy atom. The number of hydrogen-bond acceptors (Lipinski definition) is 4. The Balaban J connectivity index is 1.62. The molecule has 3 rings (SSSR count). The molecule has 0 atom stereocenters. The van der Waals surface area contributed by atoms with Gasteiger partial charge in [-0.15, -0.1) is 0 Å². The van der Waals surface area contributed by atoms with Crippen molar-refractivity contribution in [1.29, 1.82) is 0 Å². The molecule has 0 spiro atoms. The third-order valence-corrected chi connectivity index (χ3v) is 3.92. The molecule has 0 unspecified atom stereocenters. The van der Waals surface area contributed by atoms with E-state index < -0.39 is 0 Å². The zero-order valence-corrected chi connectivity index (χ0v) is 14.6. The fourth-order valence-electron chi connectivity index (χ4n) is 2.11. The summed E-state index contributed by atoms with van der Waals surface area (Å²) >= 11 is 12.0. The van der Waals surface area contributed by atoms with Gasteiger partial charge in [0.05, 0.1) is 23.1 Å². The molecule has 25 heavy (non-hydrogen) atoms. The molecule has 126 valence electrons. The number of carbonyl (C=O) groups is 1. The number of amides is 1. The Kier molecular flexibility index (Phi) is 5.48. The second-order valence-electron chi connectivity index (χ2n) is 5.20. The number of rotatable bonds is 5. The molecule has 0 aliphatic rings. The van der Waals surface area contributed by atoms with Crippen LogP contribution in [-0.4, -0.2) is 15.9 Å². The summed E-state index contributed by atoms with van der Waals surface area (Å²) in [5, 5.41) is 6.85. The zero-order valence-electron chi connectivity index (χ0n) is 13.0. The van der Waals surface area contributed by atoms with E-state index in [2.05, 4.69) is 20.6 Å². The van der Waals surface area contributed by atoms with Gasteiger partial charge in [-0.1, -0.05) is 53.5 Å². The van der Waals surface area contributed by atoms with Crippen LogP contribution in [0.15, 0.2) is 60.9 Å². The van der Waals surface area contributed by atoms with Gasteiger partial charge in [-0.3, -0.25) is 4.79 Å². The number of hydrogen-bond donors (Lipinski definition) is 2. The lowest BCUT2D eigenvalue weighted by Gasteiger charge is -2.08. The van der Waals surface area contributed by atoms with Gasteiger partial charge in [0.15, 0.2) is 0 Å². The van der Waals surface area contributed by atoms with E-state index in [0.29, 0.717) is 28.1 Å². The first-order valence-corrected chi connectivity index (χ1v) is 8.23. The average Bonchev–Trinajstić information content (AvgIpc) is 2.63. The van der Waals surface area contributed by atoms with Crippen molar-refractivity contribution in [1.82, 2.24) is 15.3 Å². The molecule has 0 fully saturated rings. The molecule has 1 amide bonds. The lowest BCUT2D eigenvalue weighted by atomic mass is 10.2. The third kappa shape index (κ3) is 4.68. The SMILES string of the molecule is O=C(NCc1ccccc1)c1cnc(Nc2ccc(Cl)cc2Cl)cn1. The molecule has 0 bridgehead atoms. The maximum Gasteiger partial charge on any atom is 0.271 e. The molecule has 1 heterocycles. The molecule has 0 radical (unpaired) electrons. The zero-order chi connectivity index (χ0) is 17.6. The first kappa shape index (κ1) is 17.2. The van der Waals surface area contributed by atoms with Crippen molar-refractivity contribution in [2.24, 2.45) is 0 Å². The lowest BCUT2D eigenvalue weighted by molar-refractivity contribution is 0.0945. The highest BCUT2D eigenvalue weighted by Gasteiger charge is 2.09. The standard InChI is InChI=1S/C18H14Cl2N4O/c19-13-6-7-15(14(20)8-13)24-17-11-21-16(10-22-17)18(25)23-9-12-4-2-1-3-5-12/h1-8,10-11H,9H2,(H,22,24)(H,23,25). The molecular formula is C18H14Cl2N4O. The summed E-state index contributed by atoms with van der Waals surface area (Å²) in [5.41, 5.74) is 1.91. The Morgan fingerprint density at radius 2 is 1.80 bits per heavy atom. The monoisotopic (exact) mass is 372 g/mol. The molecule has 5 nitrogen and oxygen atoms in total. The maximum absolute atomic E-state index is 12.1. The van der Waals surface area contributed by atoms with Gasteiger partial charge in [0.25, 0.3) is 5.91 Å². The Labute approximate surface area is 155 Å². The second-order valence-corrected chi connectivity index (χ2v) is 6.05. The molecule has 2 N–H and O–H groups in total. The summed E-state index contributed by atoms with van der Waals surface area (Å²) < 4.78 is 0. The molecule has 3 aromatic rings. The summed E-state index contributed by atoms with van der Waals surface area (Å²) in [6.45, 7) is 0.432. The van der Waals surface area contributed by atoms with E-state index in [-0.39, 0.29) is 11.6 Å². The summed E-state index contributed by atoms with van der Waals surface area (Å²) in [6.07, 6.45) is 2.88. The van der Waals surface area contributed by atoms with Crippen molar-refractivity contribution in [3.8, 4) is 0 Å². The molecule has 2 aromatic carbocycles. The van der Waals surface area contributed by atoms with Crippen LogP contribution >= 0.6 is 23.2 Å². The fraction of sp³-hybridized carbons (Fsp3) is 0.0556. The van der Waals surface area contributed by atoms with Crippen molar-refractivity contribution >= 4 is 40.6 Å². The van der Waals surface area contributed by atoms with Crippen LogP contribution in [0.3, 0.4) is 0 Å². The predicted molar refractivity (Wildman–Crippen MR) is 99.4 cm³/mol. The number of carbonyl (C=O) groups excluding carboxylic acids is 1. The minimum absolute atomic E-state index is 0.240. The van der Waals surface area contributed by atoms with Crippen molar-refractivity contribution < 1.29 is 4.79 Å². The highest BCUT2D eigenvalue weighted by atomic mass is 35.5. The normalized spacial score (nSPS) is 10.3. The molecular weight excluding hydrogens is 359 g/mol. The van der Waals surface area contributed by atoms with Crippen LogP contribution in [0.1, 0.15) is 16.1 Å². The van der Waals surface area contributed by atoms with E-state index in [1.165, 1.54) is 12.4 Å². The van der Waals surface area contributed by atoms with E-state index in [1.807, 2.05) is 30.3 Å². The number of benzene rings is 2. The Hall–Kier alpha value is -2.63. The van der Waals surface area contributed by atoms with Gasteiger partial charge in [0, 0.05) is 11.6 Å². The van der Waals surface area contributed by atoms with Gasteiger partial charge in [-0.25, -0.2) is 9.97 Å². The van der Waals surface area contributed by atoms with E-state index in [1.54, 1.807) is 18.2 Å². The number of nitrogens with one attached hydrogen (secondary N) is 2.